The lowest BCUT2D eigenvalue weighted by Gasteiger charge is -2.11. The van der Waals surface area contributed by atoms with Crippen LogP contribution >= 0.6 is 0 Å². The Hall–Kier alpha value is -1.85. The van der Waals surface area contributed by atoms with E-state index in [9.17, 15) is 9.59 Å². The van der Waals surface area contributed by atoms with E-state index in [1.54, 1.807) is 6.20 Å². The van der Waals surface area contributed by atoms with Gasteiger partial charge in [-0.25, -0.2) is 4.79 Å². The summed E-state index contributed by atoms with van der Waals surface area (Å²) in [7, 11) is 0. The zero-order valence-corrected chi connectivity index (χ0v) is 10.1. The van der Waals surface area contributed by atoms with Gasteiger partial charge in [0.15, 0.2) is 5.69 Å². The molecule has 1 amide bonds. The molecule has 0 radical (unpaired) electrons. The maximum absolute atomic E-state index is 11.6. The molecule has 0 aromatic carbocycles. The molecule has 0 bridgehead atoms. The third-order valence-electron chi connectivity index (χ3n) is 3.15. The van der Waals surface area contributed by atoms with Gasteiger partial charge in [0.2, 0.25) is 5.91 Å². The average Bonchev–Trinajstić information content (AvgIpc) is 2.96. The molecule has 1 fully saturated rings. The lowest BCUT2D eigenvalue weighted by molar-refractivity contribution is -0.122. The van der Waals surface area contributed by atoms with Gasteiger partial charge < -0.3 is 10.4 Å². The summed E-state index contributed by atoms with van der Waals surface area (Å²) in [6, 6.07) is 1.75. The van der Waals surface area contributed by atoms with Crippen LogP contribution in [0.4, 0.5) is 0 Å². The summed E-state index contributed by atoms with van der Waals surface area (Å²) in [5, 5.41) is 15.5. The van der Waals surface area contributed by atoms with Gasteiger partial charge in [-0.3, -0.25) is 9.48 Å². The molecule has 6 heteroatoms. The second-order valence-corrected chi connectivity index (χ2v) is 4.57. The smallest absolute Gasteiger partial charge is 0.356 e. The van der Waals surface area contributed by atoms with Crippen LogP contribution in [0.3, 0.4) is 0 Å². The van der Waals surface area contributed by atoms with Crippen molar-refractivity contribution in [2.45, 2.75) is 44.7 Å². The van der Waals surface area contributed by atoms with Crippen molar-refractivity contribution in [3.63, 3.8) is 0 Å². The molecule has 18 heavy (non-hydrogen) atoms. The predicted octanol–water partition coefficient (Wildman–Crippen LogP) is 1.03. The zero-order valence-electron chi connectivity index (χ0n) is 10.1. The maximum Gasteiger partial charge on any atom is 0.356 e. The summed E-state index contributed by atoms with van der Waals surface area (Å²) in [5.41, 5.74) is 0.00574. The lowest BCUT2D eigenvalue weighted by atomic mass is 10.2. The SMILES string of the molecule is O=C(CCn1ccc(C(=O)O)n1)NC1CCCC1. The fourth-order valence-corrected chi connectivity index (χ4v) is 2.19. The van der Waals surface area contributed by atoms with Crippen molar-refractivity contribution in [3.05, 3.63) is 18.0 Å². The second-order valence-electron chi connectivity index (χ2n) is 4.57. The summed E-state index contributed by atoms with van der Waals surface area (Å²) in [5.74, 6) is -1.04. The van der Waals surface area contributed by atoms with Crippen molar-refractivity contribution in [1.29, 1.82) is 0 Å². The van der Waals surface area contributed by atoms with Gasteiger partial charge in [0.25, 0.3) is 0 Å². The van der Waals surface area contributed by atoms with Crippen LogP contribution < -0.4 is 5.32 Å². The van der Waals surface area contributed by atoms with E-state index in [1.165, 1.54) is 23.6 Å². The second kappa shape index (κ2) is 5.66. The van der Waals surface area contributed by atoms with Crippen molar-refractivity contribution < 1.29 is 14.7 Å². The summed E-state index contributed by atoms with van der Waals surface area (Å²) >= 11 is 0. The van der Waals surface area contributed by atoms with Crippen LogP contribution in [-0.2, 0) is 11.3 Å². The molecule has 0 aliphatic heterocycles. The number of carboxylic acid groups (broad SMARTS) is 1. The van der Waals surface area contributed by atoms with Gasteiger partial charge in [0.05, 0.1) is 0 Å². The van der Waals surface area contributed by atoms with Gasteiger partial charge in [-0.15, -0.1) is 0 Å². The number of amides is 1. The molecule has 1 aromatic heterocycles. The number of nitrogens with zero attached hydrogens (tertiary/aromatic N) is 2. The minimum absolute atomic E-state index is 0.00574. The molecule has 6 nitrogen and oxygen atoms in total. The Kier molecular flexibility index (Phi) is 3.96. The van der Waals surface area contributed by atoms with E-state index in [0.717, 1.165) is 12.8 Å². The van der Waals surface area contributed by atoms with Crippen LogP contribution in [0.1, 0.15) is 42.6 Å². The van der Waals surface area contributed by atoms with E-state index in [1.807, 2.05) is 0 Å². The first-order valence-electron chi connectivity index (χ1n) is 6.21. The molecule has 2 N–H and O–H groups in total. The first-order valence-corrected chi connectivity index (χ1v) is 6.21. The summed E-state index contributed by atoms with van der Waals surface area (Å²) < 4.78 is 1.48. The molecule has 0 spiro atoms. The number of aromatic nitrogens is 2. The van der Waals surface area contributed by atoms with Gasteiger partial charge in [-0.05, 0) is 18.9 Å². The molecule has 1 saturated carbocycles. The number of carboxylic acids is 1. The highest BCUT2D eigenvalue weighted by molar-refractivity contribution is 5.85. The third-order valence-corrected chi connectivity index (χ3v) is 3.15. The average molecular weight is 251 g/mol. The molecular formula is C12H17N3O3. The highest BCUT2D eigenvalue weighted by Gasteiger charge is 2.17. The highest BCUT2D eigenvalue weighted by Crippen LogP contribution is 2.17. The van der Waals surface area contributed by atoms with Crippen molar-refractivity contribution in [1.82, 2.24) is 15.1 Å². The van der Waals surface area contributed by atoms with E-state index >= 15 is 0 Å². The number of nitrogens with one attached hydrogen (secondary N) is 1. The molecular weight excluding hydrogens is 234 g/mol. The highest BCUT2D eigenvalue weighted by atomic mass is 16.4. The Morgan fingerprint density at radius 2 is 2.17 bits per heavy atom. The first kappa shape index (κ1) is 12.6. The maximum atomic E-state index is 11.6. The number of rotatable bonds is 5. The molecule has 1 aliphatic carbocycles. The van der Waals surface area contributed by atoms with Crippen molar-refractivity contribution in [2.75, 3.05) is 0 Å². The lowest BCUT2D eigenvalue weighted by Crippen LogP contribution is -2.33. The van der Waals surface area contributed by atoms with Crippen molar-refractivity contribution >= 4 is 11.9 Å². The summed E-state index contributed by atoms with van der Waals surface area (Å²) in [6.07, 6.45) is 6.41. The van der Waals surface area contributed by atoms with Crippen LogP contribution in [0.25, 0.3) is 0 Å². The van der Waals surface area contributed by atoms with Gasteiger partial charge in [-0.2, -0.15) is 5.10 Å². The Balaban J connectivity index is 1.76. The van der Waals surface area contributed by atoms with Crippen LogP contribution in [0, 0.1) is 0 Å². The topological polar surface area (TPSA) is 84.2 Å². The summed E-state index contributed by atoms with van der Waals surface area (Å²) in [4.78, 5) is 22.3. The number of aryl methyl sites for hydroxylation is 1. The van der Waals surface area contributed by atoms with Crippen LogP contribution in [0.2, 0.25) is 0 Å². The predicted molar refractivity (Wildman–Crippen MR) is 64.2 cm³/mol. The number of carbonyl (C=O) groups excluding carboxylic acids is 1. The minimum atomic E-state index is -1.05. The van der Waals surface area contributed by atoms with Gasteiger partial charge >= 0.3 is 5.97 Å². The molecule has 2 rings (SSSR count). The fourth-order valence-electron chi connectivity index (χ4n) is 2.19. The molecule has 0 saturated heterocycles. The Labute approximate surface area is 105 Å². The Morgan fingerprint density at radius 3 is 2.78 bits per heavy atom. The molecule has 0 atom stereocenters. The molecule has 1 aromatic rings. The van der Waals surface area contributed by atoms with E-state index in [0.29, 0.717) is 19.0 Å². The largest absolute Gasteiger partial charge is 0.476 e. The standard InChI is InChI=1S/C12H17N3O3/c16-11(13-9-3-1-2-4-9)6-8-15-7-5-10(14-15)12(17)18/h5,7,9H,1-4,6,8H2,(H,13,16)(H,17,18). The van der Waals surface area contributed by atoms with E-state index in [4.69, 9.17) is 5.11 Å². The van der Waals surface area contributed by atoms with Crippen molar-refractivity contribution in [2.24, 2.45) is 0 Å². The van der Waals surface area contributed by atoms with Gasteiger partial charge in [0, 0.05) is 25.2 Å². The zero-order chi connectivity index (χ0) is 13.0. The number of carbonyl (C=O) groups is 2. The van der Waals surface area contributed by atoms with E-state index in [-0.39, 0.29) is 11.6 Å². The fraction of sp³-hybridized carbons (Fsp3) is 0.583. The molecule has 1 aliphatic rings. The third kappa shape index (κ3) is 3.32. The van der Waals surface area contributed by atoms with E-state index in [2.05, 4.69) is 10.4 Å². The summed E-state index contributed by atoms with van der Waals surface area (Å²) in [6.45, 7) is 0.409. The normalized spacial score (nSPS) is 15.8. The van der Waals surface area contributed by atoms with Crippen LogP contribution in [0.5, 0.6) is 0 Å². The van der Waals surface area contributed by atoms with Crippen molar-refractivity contribution in [3.8, 4) is 0 Å². The molecule has 0 unspecified atom stereocenters. The number of hydrogen-bond donors (Lipinski definition) is 2. The van der Waals surface area contributed by atoms with Gasteiger partial charge in [0.1, 0.15) is 0 Å². The van der Waals surface area contributed by atoms with Crippen LogP contribution in [-0.4, -0.2) is 32.8 Å². The Bertz CT molecular complexity index is 436. The van der Waals surface area contributed by atoms with Crippen LogP contribution in [0.15, 0.2) is 12.3 Å². The first-order chi connectivity index (χ1) is 8.65. The number of aromatic carboxylic acids is 1. The molecule has 98 valence electrons. The molecule has 1 heterocycles. The quantitative estimate of drug-likeness (QED) is 0.818. The van der Waals surface area contributed by atoms with Gasteiger partial charge in [-0.1, -0.05) is 12.8 Å². The minimum Gasteiger partial charge on any atom is -0.476 e. The Morgan fingerprint density at radius 1 is 1.44 bits per heavy atom. The monoisotopic (exact) mass is 251 g/mol. The van der Waals surface area contributed by atoms with E-state index < -0.39 is 5.97 Å². The number of hydrogen-bond acceptors (Lipinski definition) is 3.